The fourth-order valence-corrected chi connectivity index (χ4v) is 1.86. The van der Waals surface area contributed by atoms with Crippen LogP contribution in [0.15, 0.2) is 11.0 Å². The van der Waals surface area contributed by atoms with Crippen LogP contribution in [-0.4, -0.2) is 34.0 Å². The first-order chi connectivity index (χ1) is 9.40. The summed E-state index contributed by atoms with van der Waals surface area (Å²) in [7, 11) is 1.27. The van der Waals surface area contributed by atoms with Crippen molar-refractivity contribution in [2.75, 3.05) is 7.11 Å². The molecule has 0 unspecified atom stereocenters. The maximum Gasteiger partial charge on any atom is 0.326 e. The lowest BCUT2D eigenvalue weighted by atomic mass is 10.0. The second-order valence-corrected chi connectivity index (χ2v) is 4.81. The molecule has 0 bridgehead atoms. The highest BCUT2D eigenvalue weighted by molar-refractivity contribution is 5.72. The van der Waals surface area contributed by atoms with E-state index in [0.29, 0.717) is 18.4 Å². The minimum atomic E-state index is -1.11. The average Bonchev–Trinajstić information content (AvgIpc) is 2.38. The van der Waals surface area contributed by atoms with Gasteiger partial charge in [0.15, 0.2) is 0 Å². The van der Waals surface area contributed by atoms with E-state index < -0.39 is 17.6 Å². The molecule has 1 aromatic heterocycles. The Hall–Kier alpha value is -2.18. The van der Waals surface area contributed by atoms with Crippen LogP contribution in [0.25, 0.3) is 0 Å². The molecule has 7 heteroatoms. The lowest BCUT2D eigenvalue weighted by Gasteiger charge is -2.18. The van der Waals surface area contributed by atoms with Gasteiger partial charge in [-0.25, -0.2) is 9.78 Å². The Kier molecular flexibility index (Phi) is 5.42. The Balaban J connectivity index is 3.38. The zero-order valence-electron chi connectivity index (χ0n) is 11.7. The number of carboxylic acids is 1. The Morgan fingerprint density at radius 1 is 1.55 bits per heavy atom. The summed E-state index contributed by atoms with van der Waals surface area (Å²) in [5.41, 5.74) is -0.318. The predicted molar refractivity (Wildman–Crippen MR) is 70.9 cm³/mol. The zero-order chi connectivity index (χ0) is 15.3. The number of ether oxygens (including phenoxy) is 1. The van der Waals surface area contributed by atoms with Gasteiger partial charge in [-0.1, -0.05) is 13.8 Å². The van der Waals surface area contributed by atoms with E-state index in [1.54, 1.807) is 0 Å². The van der Waals surface area contributed by atoms with Crippen molar-refractivity contribution in [1.29, 1.82) is 0 Å². The molecule has 0 aliphatic rings. The molecular weight excluding hydrogens is 264 g/mol. The zero-order valence-corrected chi connectivity index (χ0v) is 11.7. The molecule has 1 rings (SSSR count). The maximum absolute atomic E-state index is 12.1. The normalized spacial score (nSPS) is 12.2. The molecule has 0 radical (unpaired) electrons. The molecule has 0 aliphatic heterocycles. The SMILES string of the molecule is COc1nc(CC=O)cn([C@@H](CC(C)C)C(=O)O)c1=O. The largest absolute Gasteiger partial charge is 0.480 e. The molecule has 0 amide bonds. The van der Waals surface area contributed by atoms with Gasteiger partial charge in [-0.3, -0.25) is 9.36 Å². The second kappa shape index (κ2) is 6.83. The summed E-state index contributed by atoms with van der Waals surface area (Å²) in [4.78, 5) is 37.9. The number of carbonyl (C=O) groups is 2. The number of nitrogens with zero attached hydrogens (tertiary/aromatic N) is 2. The molecular formula is C13H18N2O5. The van der Waals surface area contributed by atoms with Gasteiger partial charge in [0.25, 0.3) is 5.88 Å². The predicted octanol–water partition coefficient (Wildman–Crippen LogP) is 0.665. The number of aromatic nitrogens is 2. The second-order valence-electron chi connectivity index (χ2n) is 4.81. The van der Waals surface area contributed by atoms with Gasteiger partial charge in [0.2, 0.25) is 0 Å². The number of carboxylic acid groups (broad SMARTS) is 1. The van der Waals surface area contributed by atoms with Gasteiger partial charge < -0.3 is 14.6 Å². The summed E-state index contributed by atoms with van der Waals surface area (Å²) in [6, 6.07) is -1.01. The summed E-state index contributed by atoms with van der Waals surface area (Å²) in [5, 5.41) is 9.29. The monoisotopic (exact) mass is 282 g/mol. The number of methoxy groups -OCH3 is 1. The maximum atomic E-state index is 12.1. The lowest BCUT2D eigenvalue weighted by molar-refractivity contribution is -0.141. The Bertz CT molecular complexity index is 550. The molecule has 0 spiro atoms. The molecule has 110 valence electrons. The molecule has 0 saturated carbocycles. The third-order valence-electron chi connectivity index (χ3n) is 2.75. The first kappa shape index (κ1) is 15.9. The average molecular weight is 282 g/mol. The van der Waals surface area contributed by atoms with Crippen LogP contribution in [0, 0.1) is 5.92 Å². The first-order valence-electron chi connectivity index (χ1n) is 6.23. The molecule has 1 atom stereocenters. The lowest BCUT2D eigenvalue weighted by Crippen LogP contribution is -2.32. The van der Waals surface area contributed by atoms with Crippen LogP contribution < -0.4 is 10.3 Å². The van der Waals surface area contributed by atoms with Crippen LogP contribution in [0.5, 0.6) is 5.88 Å². The summed E-state index contributed by atoms with van der Waals surface area (Å²) < 4.78 is 5.93. The van der Waals surface area contributed by atoms with Gasteiger partial charge in [-0.05, 0) is 12.3 Å². The number of aliphatic carboxylic acids is 1. The van der Waals surface area contributed by atoms with Crippen molar-refractivity contribution in [1.82, 2.24) is 9.55 Å². The minimum Gasteiger partial charge on any atom is -0.480 e. The first-order valence-corrected chi connectivity index (χ1v) is 6.23. The Morgan fingerprint density at radius 3 is 2.65 bits per heavy atom. The van der Waals surface area contributed by atoms with Crippen molar-refractivity contribution < 1.29 is 19.4 Å². The molecule has 0 fully saturated rings. The van der Waals surface area contributed by atoms with E-state index in [-0.39, 0.29) is 18.2 Å². The molecule has 1 heterocycles. The summed E-state index contributed by atoms with van der Waals surface area (Å²) in [5.74, 6) is -1.22. The number of carbonyl (C=O) groups excluding carboxylic acids is 1. The topological polar surface area (TPSA) is 98.5 Å². The minimum absolute atomic E-state index is 0.00927. The van der Waals surface area contributed by atoms with Crippen LogP contribution in [-0.2, 0) is 16.0 Å². The van der Waals surface area contributed by atoms with E-state index in [4.69, 9.17) is 4.74 Å². The van der Waals surface area contributed by atoms with Gasteiger partial charge in [-0.2, -0.15) is 0 Å². The van der Waals surface area contributed by atoms with Crippen LogP contribution >= 0.6 is 0 Å². The van der Waals surface area contributed by atoms with E-state index in [0.717, 1.165) is 4.57 Å². The highest BCUT2D eigenvalue weighted by Crippen LogP contribution is 2.17. The molecule has 0 saturated heterocycles. The Morgan fingerprint density at radius 2 is 2.20 bits per heavy atom. The van der Waals surface area contributed by atoms with Crippen molar-refractivity contribution in [3.05, 3.63) is 22.2 Å². The standard InChI is InChI=1S/C13H18N2O5/c1-8(2)6-10(13(18)19)15-7-9(4-5-16)14-11(20-3)12(15)17/h5,7-8,10H,4,6H2,1-3H3,(H,18,19)/t10-/m0/s1. The molecule has 7 nitrogen and oxygen atoms in total. The number of hydrogen-bond donors (Lipinski definition) is 1. The third-order valence-corrected chi connectivity index (χ3v) is 2.75. The molecule has 20 heavy (non-hydrogen) atoms. The van der Waals surface area contributed by atoms with E-state index in [9.17, 15) is 19.5 Å². The van der Waals surface area contributed by atoms with Crippen LogP contribution in [0.4, 0.5) is 0 Å². The molecule has 1 aromatic rings. The van der Waals surface area contributed by atoms with Crippen molar-refractivity contribution in [3.63, 3.8) is 0 Å². The van der Waals surface area contributed by atoms with Gasteiger partial charge in [-0.15, -0.1) is 0 Å². The van der Waals surface area contributed by atoms with Crippen LogP contribution in [0.1, 0.15) is 32.0 Å². The van der Waals surface area contributed by atoms with E-state index in [1.807, 2.05) is 13.8 Å². The highest BCUT2D eigenvalue weighted by atomic mass is 16.5. The number of aldehydes is 1. The van der Waals surface area contributed by atoms with Gasteiger partial charge in [0, 0.05) is 12.6 Å². The van der Waals surface area contributed by atoms with Gasteiger partial charge in [0.1, 0.15) is 12.3 Å². The van der Waals surface area contributed by atoms with Gasteiger partial charge in [0.05, 0.1) is 12.8 Å². The van der Waals surface area contributed by atoms with Crippen LogP contribution in [0.2, 0.25) is 0 Å². The van der Waals surface area contributed by atoms with E-state index in [1.165, 1.54) is 13.3 Å². The van der Waals surface area contributed by atoms with Gasteiger partial charge >= 0.3 is 11.5 Å². The quantitative estimate of drug-likeness (QED) is 0.738. The van der Waals surface area contributed by atoms with Crippen molar-refractivity contribution in [3.8, 4) is 5.88 Å². The summed E-state index contributed by atoms with van der Waals surface area (Å²) in [6.45, 7) is 3.73. The number of rotatable bonds is 7. The summed E-state index contributed by atoms with van der Waals surface area (Å²) >= 11 is 0. The van der Waals surface area contributed by atoms with E-state index >= 15 is 0 Å². The van der Waals surface area contributed by atoms with Crippen molar-refractivity contribution >= 4 is 12.3 Å². The van der Waals surface area contributed by atoms with Crippen LogP contribution in [0.3, 0.4) is 0 Å². The molecule has 0 aromatic carbocycles. The number of hydrogen-bond acceptors (Lipinski definition) is 5. The van der Waals surface area contributed by atoms with Crippen molar-refractivity contribution in [2.24, 2.45) is 5.92 Å². The molecule has 0 aliphatic carbocycles. The molecule has 1 N–H and O–H groups in total. The fourth-order valence-electron chi connectivity index (χ4n) is 1.86. The third kappa shape index (κ3) is 3.66. The van der Waals surface area contributed by atoms with Crippen molar-refractivity contribution in [2.45, 2.75) is 32.7 Å². The smallest absolute Gasteiger partial charge is 0.326 e. The van der Waals surface area contributed by atoms with E-state index in [2.05, 4.69) is 4.98 Å². The fraction of sp³-hybridized carbons (Fsp3) is 0.538. The Labute approximate surface area is 116 Å². The highest BCUT2D eigenvalue weighted by Gasteiger charge is 2.24. The summed E-state index contributed by atoms with van der Waals surface area (Å²) in [6.07, 6.45) is 2.23.